The lowest BCUT2D eigenvalue weighted by Gasteiger charge is -2.43. The van der Waals surface area contributed by atoms with Gasteiger partial charge in [-0.15, -0.1) is 0 Å². The van der Waals surface area contributed by atoms with Crippen LogP contribution in [0, 0.1) is 0 Å². The second kappa shape index (κ2) is 7.24. The Kier molecular flexibility index (Phi) is 5.62. The minimum absolute atomic E-state index is 0.222. The Balaban J connectivity index is 2.26. The summed E-state index contributed by atoms with van der Waals surface area (Å²) in [5, 5.41) is 0. The zero-order valence-electron chi connectivity index (χ0n) is 13.1. The van der Waals surface area contributed by atoms with Crippen molar-refractivity contribution in [1.29, 1.82) is 0 Å². The Bertz CT molecular complexity index is 382. The second-order valence-corrected chi connectivity index (χ2v) is 6.13. The molecule has 0 aromatic heterocycles. The van der Waals surface area contributed by atoms with Crippen LogP contribution in [-0.2, 0) is 5.54 Å². The first-order valence-electron chi connectivity index (χ1n) is 8.30. The second-order valence-electron chi connectivity index (χ2n) is 6.13. The van der Waals surface area contributed by atoms with Crippen LogP contribution in [0.25, 0.3) is 0 Å². The standard InChI is InChI=1S/C18H30N2/c1-3-17(20-14-10-5-6-11-15-20)18(19,4-2)16-12-8-7-9-13-16/h7-9,12-13,17H,3-6,10-11,14-15,19H2,1-2H3. The maximum Gasteiger partial charge on any atom is 0.0564 e. The van der Waals surface area contributed by atoms with E-state index in [1.54, 1.807) is 0 Å². The molecule has 1 aromatic rings. The summed E-state index contributed by atoms with van der Waals surface area (Å²) in [6, 6.07) is 11.2. The Hall–Kier alpha value is -0.860. The van der Waals surface area contributed by atoms with Gasteiger partial charge in [-0.2, -0.15) is 0 Å². The van der Waals surface area contributed by atoms with Gasteiger partial charge in [0, 0.05) is 6.04 Å². The normalized spacial score (nSPS) is 21.9. The van der Waals surface area contributed by atoms with Crippen molar-refractivity contribution in [3.63, 3.8) is 0 Å². The summed E-state index contributed by atoms with van der Waals surface area (Å²) in [6.45, 7) is 6.94. The quantitative estimate of drug-likeness (QED) is 0.882. The molecule has 1 aliphatic heterocycles. The van der Waals surface area contributed by atoms with E-state index in [4.69, 9.17) is 5.73 Å². The van der Waals surface area contributed by atoms with E-state index in [-0.39, 0.29) is 5.54 Å². The molecule has 2 atom stereocenters. The van der Waals surface area contributed by atoms with Gasteiger partial charge in [0.15, 0.2) is 0 Å². The van der Waals surface area contributed by atoms with E-state index in [2.05, 4.69) is 49.1 Å². The molecule has 2 N–H and O–H groups in total. The van der Waals surface area contributed by atoms with Crippen LogP contribution in [0.15, 0.2) is 30.3 Å². The van der Waals surface area contributed by atoms with E-state index < -0.39 is 0 Å². The Morgan fingerprint density at radius 2 is 1.65 bits per heavy atom. The van der Waals surface area contributed by atoms with Gasteiger partial charge >= 0.3 is 0 Å². The Morgan fingerprint density at radius 1 is 1.05 bits per heavy atom. The molecule has 0 spiro atoms. The van der Waals surface area contributed by atoms with Crippen molar-refractivity contribution in [3.8, 4) is 0 Å². The maximum absolute atomic E-state index is 6.91. The largest absolute Gasteiger partial charge is 0.320 e. The number of nitrogens with zero attached hydrogens (tertiary/aromatic N) is 1. The highest BCUT2D eigenvalue weighted by atomic mass is 15.2. The fraction of sp³-hybridized carbons (Fsp3) is 0.667. The maximum atomic E-state index is 6.91. The summed E-state index contributed by atoms with van der Waals surface area (Å²) in [5.41, 5.74) is 7.98. The van der Waals surface area contributed by atoms with Gasteiger partial charge in [0.1, 0.15) is 0 Å². The molecule has 2 heteroatoms. The SMILES string of the molecule is CCC(N1CCCCCC1)C(N)(CC)c1ccccc1. The monoisotopic (exact) mass is 274 g/mol. The highest BCUT2D eigenvalue weighted by Crippen LogP contribution is 2.32. The van der Waals surface area contributed by atoms with Crippen LogP contribution in [0.5, 0.6) is 0 Å². The van der Waals surface area contributed by atoms with Crippen molar-refractivity contribution < 1.29 is 0 Å². The summed E-state index contributed by atoms with van der Waals surface area (Å²) in [5.74, 6) is 0. The first-order chi connectivity index (χ1) is 9.72. The zero-order valence-corrected chi connectivity index (χ0v) is 13.1. The highest BCUT2D eigenvalue weighted by Gasteiger charge is 2.37. The Labute approximate surface area is 124 Å². The van der Waals surface area contributed by atoms with E-state index in [1.165, 1.54) is 44.3 Å². The molecule has 2 nitrogen and oxygen atoms in total. The fourth-order valence-corrected chi connectivity index (χ4v) is 3.74. The van der Waals surface area contributed by atoms with E-state index >= 15 is 0 Å². The molecule has 1 fully saturated rings. The topological polar surface area (TPSA) is 29.3 Å². The van der Waals surface area contributed by atoms with Crippen molar-refractivity contribution in [2.24, 2.45) is 5.73 Å². The summed E-state index contributed by atoms with van der Waals surface area (Å²) >= 11 is 0. The van der Waals surface area contributed by atoms with E-state index in [0.717, 1.165) is 12.8 Å². The van der Waals surface area contributed by atoms with Gasteiger partial charge in [-0.1, -0.05) is 57.0 Å². The minimum atomic E-state index is -0.222. The van der Waals surface area contributed by atoms with Crippen LogP contribution in [0.3, 0.4) is 0 Å². The number of nitrogens with two attached hydrogens (primary N) is 1. The molecule has 0 amide bonds. The minimum Gasteiger partial charge on any atom is -0.320 e. The van der Waals surface area contributed by atoms with Crippen LogP contribution in [0.1, 0.15) is 57.9 Å². The summed E-state index contributed by atoms with van der Waals surface area (Å²) < 4.78 is 0. The van der Waals surface area contributed by atoms with E-state index in [9.17, 15) is 0 Å². The molecule has 0 aliphatic carbocycles. The van der Waals surface area contributed by atoms with Gasteiger partial charge in [-0.05, 0) is 44.3 Å². The van der Waals surface area contributed by atoms with E-state index in [1.807, 2.05) is 0 Å². The smallest absolute Gasteiger partial charge is 0.0564 e. The molecule has 1 saturated heterocycles. The lowest BCUT2D eigenvalue weighted by atomic mass is 9.79. The number of hydrogen-bond donors (Lipinski definition) is 1. The molecule has 2 unspecified atom stereocenters. The first-order valence-corrected chi connectivity index (χ1v) is 8.30. The molecule has 0 saturated carbocycles. The third-order valence-electron chi connectivity index (χ3n) is 4.96. The number of benzene rings is 1. The van der Waals surface area contributed by atoms with Crippen molar-refractivity contribution >= 4 is 0 Å². The third kappa shape index (κ3) is 3.24. The van der Waals surface area contributed by atoms with Crippen LogP contribution in [0.4, 0.5) is 0 Å². The van der Waals surface area contributed by atoms with Crippen molar-refractivity contribution in [1.82, 2.24) is 4.90 Å². The van der Waals surface area contributed by atoms with Crippen LogP contribution >= 0.6 is 0 Å². The van der Waals surface area contributed by atoms with Gasteiger partial charge in [0.2, 0.25) is 0 Å². The molecule has 1 aliphatic rings. The van der Waals surface area contributed by atoms with Crippen LogP contribution < -0.4 is 5.73 Å². The first kappa shape index (κ1) is 15.5. The average molecular weight is 274 g/mol. The number of likely N-dealkylation sites (tertiary alicyclic amines) is 1. The van der Waals surface area contributed by atoms with Gasteiger partial charge in [0.05, 0.1) is 5.54 Å². The van der Waals surface area contributed by atoms with Gasteiger partial charge in [0.25, 0.3) is 0 Å². The molecular weight excluding hydrogens is 244 g/mol. The van der Waals surface area contributed by atoms with Gasteiger partial charge in [-0.3, -0.25) is 4.90 Å². The summed E-state index contributed by atoms with van der Waals surface area (Å²) in [7, 11) is 0. The third-order valence-corrected chi connectivity index (χ3v) is 4.96. The number of hydrogen-bond acceptors (Lipinski definition) is 2. The van der Waals surface area contributed by atoms with Crippen molar-refractivity contribution in [2.45, 2.75) is 64.0 Å². The zero-order chi connectivity index (χ0) is 14.4. The van der Waals surface area contributed by atoms with Gasteiger partial charge in [-0.25, -0.2) is 0 Å². The molecule has 1 heterocycles. The average Bonchev–Trinajstić information content (AvgIpc) is 2.78. The lowest BCUT2D eigenvalue weighted by Crippen LogP contribution is -2.56. The predicted octanol–water partition coefficient (Wildman–Crippen LogP) is 3.91. The summed E-state index contributed by atoms with van der Waals surface area (Å²) in [4.78, 5) is 2.66. The highest BCUT2D eigenvalue weighted by molar-refractivity contribution is 5.26. The van der Waals surface area contributed by atoms with Gasteiger partial charge < -0.3 is 5.73 Å². The lowest BCUT2D eigenvalue weighted by molar-refractivity contribution is 0.113. The van der Waals surface area contributed by atoms with Crippen LogP contribution in [0.2, 0.25) is 0 Å². The molecule has 2 rings (SSSR count). The number of rotatable bonds is 5. The van der Waals surface area contributed by atoms with E-state index in [0.29, 0.717) is 6.04 Å². The van der Waals surface area contributed by atoms with Crippen molar-refractivity contribution in [3.05, 3.63) is 35.9 Å². The van der Waals surface area contributed by atoms with Crippen molar-refractivity contribution in [2.75, 3.05) is 13.1 Å². The Morgan fingerprint density at radius 3 is 2.15 bits per heavy atom. The summed E-state index contributed by atoms with van der Waals surface area (Å²) in [6.07, 6.45) is 7.52. The predicted molar refractivity (Wildman–Crippen MR) is 86.7 cm³/mol. The molecule has 0 bridgehead atoms. The van der Waals surface area contributed by atoms with Crippen LogP contribution in [-0.4, -0.2) is 24.0 Å². The molecule has 112 valence electrons. The molecule has 1 aromatic carbocycles. The fourth-order valence-electron chi connectivity index (χ4n) is 3.74. The molecular formula is C18H30N2. The molecule has 20 heavy (non-hydrogen) atoms. The molecule has 0 radical (unpaired) electrons.